The van der Waals surface area contributed by atoms with Gasteiger partial charge in [-0.15, -0.1) is 0 Å². The second-order valence-electron chi connectivity index (χ2n) is 2.63. The topological polar surface area (TPSA) is 76.7 Å². The Balaban J connectivity index is 2.51. The molecule has 14 heavy (non-hydrogen) atoms. The van der Waals surface area contributed by atoms with Crippen LogP contribution in [-0.4, -0.2) is 15.0 Å². The molecule has 0 fully saturated rings. The molecule has 0 aliphatic heterocycles. The molecule has 0 aliphatic carbocycles. The van der Waals surface area contributed by atoms with Crippen LogP contribution in [0.2, 0.25) is 0 Å². The number of aromatic nitrogens is 3. The quantitative estimate of drug-likeness (QED) is 0.537. The molecule has 2 aromatic rings. The number of hydrogen-bond acceptors (Lipinski definition) is 5. The maximum atomic E-state index is 5.32. The number of nitrogens with zero attached hydrogens (tertiary/aromatic N) is 3. The van der Waals surface area contributed by atoms with Crippen molar-refractivity contribution >= 4 is 5.82 Å². The Kier molecular flexibility index (Phi) is 2.33. The summed E-state index contributed by atoms with van der Waals surface area (Å²) in [6.45, 7) is 0. The summed E-state index contributed by atoms with van der Waals surface area (Å²) in [5.41, 5.74) is 4.15. The van der Waals surface area contributed by atoms with Crippen molar-refractivity contribution in [3.8, 4) is 11.3 Å². The number of nitrogen functional groups attached to an aromatic ring is 1. The molecule has 0 radical (unpaired) electrons. The predicted molar refractivity (Wildman–Crippen MR) is 53.1 cm³/mol. The first-order chi connectivity index (χ1) is 6.92. The molecule has 0 spiro atoms. The second-order valence-corrected chi connectivity index (χ2v) is 2.63. The Morgan fingerprint density at radius 2 is 1.71 bits per heavy atom. The summed E-state index contributed by atoms with van der Waals surface area (Å²) in [6, 6.07) is 3.70. The van der Waals surface area contributed by atoms with Crippen LogP contribution in [0.4, 0.5) is 5.82 Å². The Hall–Kier alpha value is -2.01. The molecule has 0 atom stereocenters. The highest BCUT2D eigenvalue weighted by Gasteiger charge is 2.04. The number of pyridine rings is 1. The number of hydrogen-bond donors (Lipinski definition) is 2. The zero-order valence-corrected chi connectivity index (χ0v) is 7.38. The molecule has 0 bridgehead atoms. The molecule has 0 saturated carbocycles. The van der Waals surface area contributed by atoms with E-state index < -0.39 is 0 Å². The SMILES string of the molecule is NNc1nccnc1-c1ccncc1. The predicted octanol–water partition coefficient (Wildman–Crippen LogP) is 0.824. The first-order valence-electron chi connectivity index (χ1n) is 4.10. The largest absolute Gasteiger partial charge is 0.307 e. The van der Waals surface area contributed by atoms with Crippen LogP contribution in [0.25, 0.3) is 11.3 Å². The van der Waals surface area contributed by atoms with Crippen LogP contribution in [0.3, 0.4) is 0 Å². The van der Waals surface area contributed by atoms with Gasteiger partial charge in [0.1, 0.15) is 5.69 Å². The normalized spacial score (nSPS) is 9.79. The lowest BCUT2D eigenvalue weighted by Gasteiger charge is -2.05. The maximum absolute atomic E-state index is 5.32. The van der Waals surface area contributed by atoms with E-state index in [1.54, 1.807) is 24.8 Å². The summed E-state index contributed by atoms with van der Waals surface area (Å²) in [6.07, 6.45) is 6.60. The van der Waals surface area contributed by atoms with Gasteiger partial charge in [-0.25, -0.2) is 10.8 Å². The van der Waals surface area contributed by atoms with E-state index in [-0.39, 0.29) is 0 Å². The van der Waals surface area contributed by atoms with Crippen LogP contribution >= 0.6 is 0 Å². The summed E-state index contributed by atoms with van der Waals surface area (Å²) in [5.74, 6) is 5.87. The van der Waals surface area contributed by atoms with Crippen LogP contribution < -0.4 is 11.3 Å². The molecule has 0 aliphatic rings. The zero-order valence-electron chi connectivity index (χ0n) is 7.38. The van der Waals surface area contributed by atoms with E-state index in [9.17, 15) is 0 Å². The van der Waals surface area contributed by atoms with Gasteiger partial charge in [0.15, 0.2) is 5.82 Å². The van der Waals surface area contributed by atoms with Crippen LogP contribution in [0.5, 0.6) is 0 Å². The average molecular weight is 187 g/mol. The fourth-order valence-electron chi connectivity index (χ4n) is 1.16. The first-order valence-corrected chi connectivity index (χ1v) is 4.10. The molecular formula is C9H9N5. The molecule has 5 nitrogen and oxygen atoms in total. The standard InChI is InChI=1S/C9H9N5/c10-14-9-8(12-5-6-13-9)7-1-3-11-4-2-7/h1-6H,10H2,(H,13,14). The molecule has 0 saturated heterocycles. The van der Waals surface area contributed by atoms with Crippen molar-refractivity contribution in [3.05, 3.63) is 36.9 Å². The van der Waals surface area contributed by atoms with E-state index in [0.29, 0.717) is 5.82 Å². The molecule has 2 aromatic heterocycles. The van der Waals surface area contributed by atoms with Gasteiger partial charge in [0.25, 0.3) is 0 Å². The number of nitrogens with two attached hydrogens (primary N) is 1. The minimum atomic E-state index is 0.554. The van der Waals surface area contributed by atoms with E-state index in [1.165, 1.54) is 0 Å². The van der Waals surface area contributed by atoms with Gasteiger partial charge >= 0.3 is 0 Å². The molecule has 5 heteroatoms. The Morgan fingerprint density at radius 3 is 2.43 bits per heavy atom. The summed E-state index contributed by atoms with van der Waals surface area (Å²) < 4.78 is 0. The smallest absolute Gasteiger partial charge is 0.166 e. The van der Waals surface area contributed by atoms with Crippen LogP contribution in [0.15, 0.2) is 36.9 Å². The molecule has 0 amide bonds. The van der Waals surface area contributed by atoms with Crippen molar-refractivity contribution in [2.75, 3.05) is 5.43 Å². The lowest BCUT2D eigenvalue weighted by Crippen LogP contribution is -2.10. The van der Waals surface area contributed by atoms with Crippen LogP contribution in [0, 0.1) is 0 Å². The monoisotopic (exact) mass is 187 g/mol. The van der Waals surface area contributed by atoms with Crippen molar-refractivity contribution < 1.29 is 0 Å². The molecular weight excluding hydrogens is 178 g/mol. The zero-order chi connectivity index (χ0) is 9.80. The Labute approximate surface area is 81.0 Å². The fraction of sp³-hybridized carbons (Fsp3) is 0. The van der Waals surface area contributed by atoms with Gasteiger partial charge in [0.05, 0.1) is 0 Å². The highest BCUT2D eigenvalue weighted by molar-refractivity contribution is 5.70. The van der Waals surface area contributed by atoms with Gasteiger partial charge in [-0.05, 0) is 12.1 Å². The van der Waals surface area contributed by atoms with Gasteiger partial charge in [0, 0.05) is 30.4 Å². The highest BCUT2D eigenvalue weighted by atomic mass is 15.3. The fourth-order valence-corrected chi connectivity index (χ4v) is 1.16. The third-order valence-electron chi connectivity index (χ3n) is 1.79. The van der Waals surface area contributed by atoms with Crippen molar-refractivity contribution in [1.82, 2.24) is 15.0 Å². The molecule has 0 aromatic carbocycles. The van der Waals surface area contributed by atoms with Crippen molar-refractivity contribution in [3.63, 3.8) is 0 Å². The molecule has 2 heterocycles. The van der Waals surface area contributed by atoms with Crippen LogP contribution in [-0.2, 0) is 0 Å². The van der Waals surface area contributed by atoms with Gasteiger partial charge in [-0.3, -0.25) is 9.97 Å². The van der Waals surface area contributed by atoms with E-state index in [0.717, 1.165) is 11.3 Å². The van der Waals surface area contributed by atoms with Gasteiger partial charge in [-0.1, -0.05) is 0 Å². The van der Waals surface area contributed by atoms with E-state index in [4.69, 9.17) is 5.84 Å². The molecule has 70 valence electrons. The summed E-state index contributed by atoms with van der Waals surface area (Å²) in [7, 11) is 0. The lowest BCUT2D eigenvalue weighted by molar-refractivity contribution is 1.16. The summed E-state index contributed by atoms with van der Waals surface area (Å²) in [4.78, 5) is 12.2. The summed E-state index contributed by atoms with van der Waals surface area (Å²) in [5, 5.41) is 0. The van der Waals surface area contributed by atoms with Crippen LogP contribution in [0.1, 0.15) is 0 Å². The third kappa shape index (κ3) is 1.53. The number of nitrogens with one attached hydrogen (secondary N) is 1. The minimum absolute atomic E-state index is 0.554. The molecule has 2 rings (SSSR count). The van der Waals surface area contributed by atoms with Gasteiger partial charge in [0.2, 0.25) is 0 Å². The summed E-state index contributed by atoms with van der Waals surface area (Å²) >= 11 is 0. The van der Waals surface area contributed by atoms with Gasteiger partial charge in [-0.2, -0.15) is 0 Å². The minimum Gasteiger partial charge on any atom is -0.307 e. The second kappa shape index (κ2) is 3.80. The Morgan fingerprint density at radius 1 is 1.00 bits per heavy atom. The average Bonchev–Trinajstić information content (AvgIpc) is 2.30. The highest BCUT2D eigenvalue weighted by Crippen LogP contribution is 2.21. The Bertz CT molecular complexity index is 415. The van der Waals surface area contributed by atoms with Crippen molar-refractivity contribution in [1.29, 1.82) is 0 Å². The van der Waals surface area contributed by atoms with E-state index in [2.05, 4.69) is 20.4 Å². The van der Waals surface area contributed by atoms with Crippen molar-refractivity contribution in [2.24, 2.45) is 5.84 Å². The molecule has 0 unspecified atom stereocenters. The number of rotatable bonds is 2. The number of hydrazine groups is 1. The van der Waals surface area contributed by atoms with Crippen molar-refractivity contribution in [2.45, 2.75) is 0 Å². The number of anilines is 1. The van der Waals surface area contributed by atoms with E-state index in [1.807, 2.05) is 12.1 Å². The first kappa shape index (κ1) is 8.58. The lowest BCUT2D eigenvalue weighted by atomic mass is 10.2. The van der Waals surface area contributed by atoms with Gasteiger partial charge < -0.3 is 5.43 Å². The molecule has 3 N–H and O–H groups in total. The van der Waals surface area contributed by atoms with E-state index >= 15 is 0 Å². The third-order valence-corrected chi connectivity index (χ3v) is 1.79. The maximum Gasteiger partial charge on any atom is 0.166 e.